The number of nitrogens with zero attached hydrogens (tertiary/aromatic N) is 3. The molecule has 0 atom stereocenters. The number of nitrogen functional groups attached to an aromatic ring is 2. The number of ether oxygens (including phenoxy) is 2. The number of methoxy groups -OCH3 is 2. The fraction of sp³-hybridized carbons (Fsp3) is 0.136. The second-order valence-electron chi connectivity index (χ2n) is 6.62. The van der Waals surface area contributed by atoms with Gasteiger partial charge in [-0.2, -0.15) is 4.98 Å². The Morgan fingerprint density at radius 3 is 2.43 bits per heavy atom. The second-order valence-corrected chi connectivity index (χ2v) is 6.62. The molecule has 0 unspecified atom stereocenters. The third kappa shape index (κ3) is 3.75. The van der Waals surface area contributed by atoms with Crippen molar-refractivity contribution in [1.29, 1.82) is 0 Å². The van der Waals surface area contributed by atoms with Gasteiger partial charge in [0.1, 0.15) is 5.52 Å². The second kappa shape index (κ2) is 8.12. The third-order valence-electron chi connectivity index (χ3n) is 4.74. The van der Waals surface area contributed by atoms with Crippen LogP contribution < -0.4 is 26.3 Å². The Hall–Kier alpha value is -4.07. The molecule has 0 aliphatic heterocycles. The van der Waals surface area contributed by atoms with Gasteiger partial charge in [-0.3, -0.25) is 0 Å². The molecule has 0 saturated carbocycles. The number of rotatable bonds is 6. The van der Waals surface area contributed by atoms with E-state index >= 15 is 0 Å². The molecular formula is C22H22N6O2. The summed E-state index contributed by atoms with van der Waals surface area (Å²) in [5.41, 5.74) is 16.5. The number of fused-ring (bicyclic) bond motifs is 1. The normalized spacial score (nSPS) is 10.7. The Kier molecular flexibility index (Phi) is 5.21. The van der Waals surface area contributed by atoms with Crippen LogP contribution in [0.3, 0.4) is 0 Å². The van der Waals surface area contributed by atoms with Gasteiger partial charge in [-0.25, -0.2) is 9.97 Å². The summed E-state index contributed by atoms with van der Waals surface area (Å²) in [6.07, 6.45) is 0. The molecule has 0 amide bonds. The fourth-order valence-corrected chi connectivity index (χ4v) is 3.19. The highest BCUT2D eigenvalue weighted by Crippen LogP contribution is 2.32. The van der Waals surface area contributed by atoms with Crippen molar-refractivity contribution in [1.82, 2.24) is 15.0 Å². The van der Waals surface area contributed by atoms with E-state index in [1.807, 2.05) is 54.6 Å². The van der Waals surface area contributed by atoms with Gasteiger partial charge in [-0.05, 0) is 42.0 Å². The van der Waals surface area contributed by atoms with Crippen LogP contribution >= 0.6 is 0 Å². The molecule has 0 spiro atoms. The van der Waals surface area contributed by atoms with Crippen LogP contribution in [0.1, 0.15) is 5.56 Å². The van der Waals surface area contributed by atoms with E-state index in [0.717, 1.165) is 16.8 Å². The quantitative estimate of drug-likeness (QED) is 0.419. The van der Waals surface area contributed by atoms with E-state index in [4.69, 9.17) is 25.9 Å². The van der Waals surface area contributed by atoms with E-state index in [0.29, 0.717) is 40.6 Å². The number of nitrogens with two attached hydrogens (primary N) is 2. The van der Waals surface area contributed by atoms with Gasteiger partial charge in [0.25, 0.3) is 0 Å². The van der Waals surface area contributed by atoms with Crippen LogP contribution in [0.2, 0.25) is 0 Å². The van der Waals surface area contributed by atoms with Crippen LogP contribution in [0.4, 0.5) is 17.5 Å². The average Bonchev–Trinajstić information content (AvgIpc) is 2.77. The summed E-state index contributed by atoms with van der Waals surface area (Å²) in [5.74, 6) is 2.00. The lowest BCUT2D eigenvalue weighted by molar-refractivity contribution is 0.355. The first-order valence-corrected chi connectivity index (χ1v) is 9.33. The average molecular weight is 402 g/mol. The summed E-state index contributed by atoms with van der Waals surface area (Å²) in [7, 11) is 3.20. The molecule has 8 nitrogen and oxygen atoms in total. The van der Waals surface area contributed by atoms with Gasteiger partial charge < -0.3 is 26.3 Å². The Morgan fingerprint density at radius 2 is 1.67 bits per heavy atom. The van der Waals surface area contributed by atoms with Crippen LogP contribution in [-0.4, -0.2) is 29.2 Å². The van der Waals surface area contributed by atoms with Crippen molar-refractivity contribution in [2.24, 2.45) is 0 Å². The Morgan fingerprint density at radius 1 is 0.867 bits per heavy atom. The molecular weight excluding hydrogens is 380 g/mol. The molecule has 30 heavy (non-hydrogen) atoms. The largest absolute Gasteiger partial charge is 0.493 e. The van der Waals surface area contributed by atoms with Crippen molar-refractivity contribution in [3.63, 3.8) is 0 Å². The smallest absolute Gasteiger partial charge is 0.222 e. The molecule has 4 aromatic rings. The summed E-state index contributed by atoms with van der Waals surface area (Å²) in [4.78, 5) is 13.4. The first-order valence-electron chi connectivity index (χ1n) is 9.33. The van der Waals surface area contributed by atoms with Gasteiger partial charge >= 0.3 is 0 Å². The van der Waals surface area contributed by atoms with Crippen molar-refractivity contribution in [3.05, 3.63) is 60.2 Å². The number of benzene rings is 2. The zero-order valence-electron chi connectivity index (χ0n) is 16.7. The van der Waals surface area contributed by atoms with Crippen LogP contribution in [0, 0.1) is 0 Å². The molecule has 0 saturated heterocycles. The summed E-state index contributed by atoms with van der Waals surface area (Å²) >= 11 is 0. The minimum absolute atomic E-state index is 0.173. The van der Waals surface area contributed by atoms with E-state index in [-0.39, 0.29) is 5.95 Å². The minimum atomic E-state index is 0.173. The Bertz CT molecular complexity index is 1210. The number of para-hydroxylation sites is 1. The van der Waals surface area contributed by atoms with Gasteiger partial charge in [0.15, 0.2) is 17.3 Å². The lowest BCUT2D eigenvalue weighted by atomic mass is 10.1. The van der Waals surface area contributed by atoms with Gasteiger partial charge in [0.2, 0.25) is 5.95 Å². The van der Waals surface area contributed by atoms with Gasteiger partial charge in [-0.1, -0.05) is 18.2 Å². The number of anilines is 3. The van der Waals surface area contributed by atoms with Crippen LogP contribution in [0.25, 0.3) is 22.3 Å². The van der Waals surface area contributed by atoms with Crippen LogP contribution in [0.5, 0.6) is 11.5 Å². The van der Waals surface area contributed by atoms with E-state index in [1.54, 1.807) is 14.2 Å². The maximum atomic E-state index is 6.04. The highest BCUT2D eigenvalue weighted by Gasteiger charge is 2.12. The van der Waals surface area contributed by atoms with Gasteiger partial charge in [0.05, 0.1) is 25.4 Å². The van der Waals surface area contributed by atoms with Crippen molar-refractivity contribution >= 4 is 28.5 Å². The van der Waals surface area contributed by atoms with Gasteiger partial charge in [-0.15, -0.1) is 0 Å². The van der Waals surface area contributed by atoms with Gasteiger partial charge in [0, 0.05) is 17.8 Å². The zero-order chi connectivity index (χ0) is 21.1. The minimum Gasteiger partial charge on any atom is -0.493 e. The summed E-state index contributed by atoms with van der Waals surface area (Å²) in [6.45, 7) is 0.487. The topological polar surface area (TPSA) is 121 Å². The standard InChI is InChI=1S/C22H22N6O2/c1-29-18-10-7-13(11-19(18)30-2)16-8-9-17-20(26-16)21(28-22(24)27-17)25-12-14-5-3-4-6-15(14)23/h3-11H,12,23H2,1-2H3,(H3,24,25,27,28). The fourth-order valence-electron chi connectivity index (χ4n) is 3.19. The maximum Gasteiger partial charge on any atom is 0.222 e. The first kappa shape index (κ1) is 19.3. The SMILES string of the molecule is COc1ccc(-c2ccc3nc(N)nc(NCc4ccccc4N)c3n2)cc1OC. The monoisotopic (exact) mass is 402 g/mol. The van der Waals surface area contributed by atoms with Crippen molar-refractivity contribution < 1.29 is 9.47 Å². The molecule has 0 bridgehead atoms. The predicted molar refractivity (Wildman–Crippen MR) is 118 cm³/mol. The predicted octanol–water partition coefficient (Wildman–Crippen LogP) is 3.49. The Balaban J connectivity index is 1.74. The molecule has 2 aromatic heterocycles. The zero-order valence-corrected chi connectivity index (χ0v) is 16.7. The number of aromatic nitrogens is 3. The third-order valence-corrected chi connectivity index (χ3v) is 4.74. The lowest BCUT2D eigenvalue weighted by Gasteiger charge is -2.12. The first-order chi connectivity index (χ1) is 14.6. The van der Waals surface area contributed by atoms with Crippen LogP contribution in [-0.2, 0) is 6.54 Å². The van der Waals surface area contributed by atoms with Crippen molar-refractivity contribution in [2.45, 2.75) is 6.54 Å². The molecule has 4 rings (SSSR count). The molecule has 8 heteroatoms. The van der Waals surface area contributed by atoms with E-state index in [9.17, 15) is 0 Å². The number of hydrogen-bond donors (Lipinski definition) is 3. The molecule has 152 valence electrons. The van der Waals surface area contributed by atoms with Crippen molar-refractivity contribution in [3.8, 4) is 22.8 Å². The highest BCUT2D eigenvalue weighted by atomic mass is 16.5. The molecule has 0 radical (unpaired) electrons. The number of pyridine rings is 1. The molecule has 0 aliphatic rings. The van der Waals surface area contributed by atoms with E-state index in [2.05, 4.69) is 15.3 Å². The molecule has 0 fully saturated rings. The Labute approximate surface area is 173 Å². The summed E-state index contributed by atoms with van der Waals surface area (Å²) in [5, 5.41) is 3.29. The highest BCUT2D eigenvalue weighted by molar-refractivity contribution is 5.88. The molecule has 5 N–H and O–H groups in total. The lowest BCUT2D eigenvalue weighted by Crippen LogP contribution is -2.08. The number of nitrogens with one attached hydrogen (secondary N) is 1. The van der Waals surface area contributed by atoms with Crippen LogP contribution in [0.15, 0.2) is 54.6 Å². The summed E-state index contributed by atoms with van der Waals surface area (Å²) in [6, 6.07) is 17.0. The summed E-state index contributed by atoms with van der Waals surface area (Å²) < 4.78 is 10.7. The van der Waals surface area contributed by atoms with E-state index < -0.39 is 0 Å². The molecule has 0 aliphatic carbocycles. The number of hydrogen-bond acceptors (Lipinski definition) is 8. The van der Waals surface area contributed by atoms with E-state index in [1.165, 1.54) is 0 Å². The molecule has 2 heterocycles. The van der Waals surface area contributed by atoms with Crippen molar-refractivity contribution in [2.75, 3.05) is 31.0 Å². The molecule has 2 aromatic carbocycles. The maximum absolute atomic E-state index is 6.04.